The van der Waals surface area contributed by atoms with Crippen LogP contribution in [0.5, 0.6) is 0 Å². The minimum atomic E-state index is -0.536. The lowest BCUT2D eigenvalue weighted by molar-refractivity contribution is -0.141. The predicted molar refractivity (Wildman–Crippen MR) is 76.5 cm³/mol. The lowest BCUT2D eigenvalue weighted by atomic mass is 10.2. The van der Waals surface area contributed by atoms with Crippen LogP contribution in [0.15, 0.2) is 18.2 Å². The molecule has 0 saturated carbocycles. The van der Waals surface area contributed by atoms with Crippen molar-refractivity contribution in [3.63, 3.8) is 0 Å². The standard InChI is InChI=1S/C14H18ClFN2O2/c1-9-7-18(8-10(2)20-9)13(19)6-17-12-5-3-4-11(15)14(12)16/h3-5,9-10,17H,6-8H2,1-2H3. The third-order valence-electron chi connectivity index (χ3n) is 3.15. The molecule has 0 radical (unpaired) electrons. The van der Waals surface area contributed by atoms with Crippen molar-refractivity contribution >= 4 is 23.2 Å². The summed E-state index contributed by atoms with van der Waals surface area (Å²) >= 11 is 5.69. The number of rotatable bonds is 3. The van der Waals surface area contributed by atoms with Crippen molar-refractivity contribution in [1.29, 1.82) is 0 Å². The van der Waals surface area contributed by atoms with Gasteiger partial charge in [-0.3, -0.25) is 4.79 Å². The zero-order valence-electron chi connectivity index (χ0n) is 11.5. The van der Waals surface area contributed by atoms with Crippen molar-refractivity contribution in [2.75, 3.05) is 25.0 Å². The van der Waals surface area contributed by atoms with Gasteiger partial charge in [0.25, 0.3) is 0 Å². The number of nitrogens with one attached hydrogen (secondary N) is 1. The molecule has 20 heavy (non-hydrogen) atoms. The second-order valence-electron chi connectivity index (χ2n) is 5.01. The molecular weight excluding hydrogens is 283 g/mol. The second-order valence-corrected chi connectivity index (χ2v) is 5.42. The number of amides is 1. The highest BCUT2D eigenvalue weighted by Crippen LogP contribution is 2.21. The normalized spacial score (nSPS) is 22.7. The van der Waals surface area contributed by atoms with Gasteiger partial charge in [-0.05, 0) is 26.0 Å². The smallest absolute Gasteiger partial charge is 0.242 e. The Labute approximate surface area is 122 Å². The summed E-state index contributed by atoms with van der Waals surface area (Å²) in [5.41, 5.74) is 0.236. The van der Waals surface area contributed by atoms with E-state index in [0.717, 1.165) is 0 Å². The van der Waals surface area contributed by atoms with Gasteiger partial charge >= 0.3 is 0 Å². The van der Waals surface area contributed by atoms with Crippen LogP contribution in [0, 0.1) is 5.82 Å². The lowest BCUT2D eigenvalue weighted by Gasteiger charge is -2.35. The van der Waals surface area contributed by atoms with Gasteiger partial charge in [0.15, 0.2) is 5.82 Å². The Morgan fingerprint density at radius 3 is 2.75 bits per heavy atom. The maximum Gasteiger partial charge on any atom is 0.242 e. The zero-order chi connectivity index (χ0) is 14.7. The minimum Gasteiger partial charge on any atom is -0.374 e. The van der Waals surface area contributed by atoms with Crippen LogP contribution in [-0.2, 0) is 9.53 Å². The van der Waals surface area contributed by atoms with E-state index >= 15 is 0 Å². The molecule has 1 heterocycles. The van der Waals surface area contributed by atoms with Gasteiger partial charge in [-0.1, -0.05) is 17.7 Å². The Balaban J connectivity index is 1.93. The van der Waals surface area contributed by atoms with E-state index in [4.69, 9.17) is 16.3 Å². The van der Waals surface area contributed by atoms with Crippen molar-refractivity contribution in [3.8, 4) is 0 Å². The first-order valence-electron chi connectivity index (χ1n) is 6.58. The quantitative estimate of drug-likeness (QED) is 0.932. The summed E-state index contributed by atoms with van der Waals surface area (Å²) in [6, 6.07) is 4.66. The maximum absolute atomic E-state index is 13.7. The van der Waals surface area contributed by atoms with Crippen molar-refractivity contribution in [3.05, 3.63) is 29.0 Å². The van der Waals surface area contributed by atoms with Gasteiger partial charge in [0.1, 0.15) is 0 Å². The Hall–Kier alpha value is -1.33. The monoisotopic (exact) mass is 300 g/mol. The Morgan fingerprint density at radius 1 is 1.45 bits per heavy atom. The number of carbonyl (C=O) groups is 1. The van der Waals surface area contributed by atoms with Crippen LogP contribution in [-0.4, -0.2) is 42.6 Å². The molecule has 0 aliphatic carbocycles. The van der Waals surface area contributed by atoms with E-state index in [-0.39, 0.29) is 35.4 Å². The van der Waals surface area contributed by atoms with Crippen LogP contribution in [0.25, 0.3) is 0 Å². The number of hydrogen-bond donors (Lipinski definition) is 1. The molecular formula is C14H18ClFN2O2. The molecule has 1 aromatic rings. The summed E-state index contributed by atoms with van der Waals surface area (Å²) in [7, 11) is 0. The Kier molecular flexibility index (Phi) is 4.83. The second kappa shape index (κ2) is 6.41. The number of halogens is 2. The number of ether oxygens (including phenoxy) is 1. The van der Waals surface area contributed by atoms with E-state index in [1.165, 1.54) is 6.07 Å². The van der Waals surface area contributed by atoms with Crippen molar-refractivity contribution < 1.29 is 13.9 Å². The van der Waals surface area contributed by atoms with Gasteiger partial charge < -0.3 is 15.0 Å². The topological polar surface area (TPSA) is 41.6 Å². The molecule has 1 aliphatic heterocycles. The molecule has 0 aromatic heterocycles. The highest BCUT2D eigenvalue weighted by atomic mass is 35.5. The number of nitrogens with zero attached hydrogens (tertiary/aromatic N) is 1. The number of hydrogen-bond acceptors (Lipinski definition) is 3. The highest BCUT2D eigenvalue weighted by molar-refractivity contribution is 6.31. The Morgan fingerprint density at radius 2 is 2.10 bits per heavy atom. The van der Waals surface area contributed by atoms with Gasteiger partial charge in [-0.15, -0.1) is 0 Å². The van der Waals surface area contributed by atoms with Gasteiger partial charge in [-0.2, -0.15) is 0 Å². The molecule has 2 unspecified atom stereocenters. The number of carbonyl (C=O) groups excluding carboxylic acids is 1. The molecule has 1 N–H and O–H groups in total. The minimum absolute atomic E-state index is 0.0191. The fourth-order valence-electron chi connectivity index (χ4n) is 2.30. The summed E-state index contributed by atoms with van der Waals surface area (Å²) in [5.74, 6) is -0.614. The first kappa shape index (κ1) is 15.1. The number of morpholine rings is 1. The Bertz CT molecular complexity index is 488. The SMILES string of the molecule is CC1CN(C(=O)CNc2cccc(Cl)c2F)CC(C)O1. The highest BCUT2D eigenvalue weighted by Gasteiger charge is 2.25. The molecule has 1 saturated heterocycles. The summed E-state index contributed by atoms with van der Waals surface area (Å²) < 4.78 is 19.3. The van der Waals surface area contributed by atoms with E-state index in [0.29, 0.717) is 13.1 Å². The molecule has 1 aromatic carbocycles. The summed E-state index contributed by atoms with van der Waals surface area (Å²) in [6.45, 7) is 5.02. The molecule has 1 amide bonds. The fourth-order valence-corrected chi connectivity index (χ4v) is 2.48. The molecule has 110 valence electrons. The number of anilines is 1. The predicted octanol–water partition coefficient (Wildman–Crippen LogP) is 2.53. The average Bonchev–Trinajstić information content (AvgIpc) is 2.39. The van der Waals surface area contributed by atoms with Crippen LogP contribution in [0.4, 0.5) is 10.1 Å². The largest absolute Gasteiger partial charge is 0.374 e. The molecule has 1 aliphatic rings. The molecule has 2 rings (SSSR count). The third-order valence-corrected chi connectivity index (χ3v) is 3.45. The fraction of sp³-hybridized carbons (Fsp3) is 0.500. The summed E-state index contributed by atoms with van der Waals surface area (Å²) in [4.78, 5) is 13.8. The summed E-state index contributed by atoms with van der Waals surface area (Å²) in [6.07, 6.45) is 0.0382. The lowest BCUT2D eigenvalue weighted by Crippen LogP contribution is -2.49. The van der Waals surface area contributed by atoms with Gasteiger partial charge in [0, 0.05) is 13.1 Å². The van der Waals surface area contributed by atoms with E-state index in [1.807, 2.05) is 13.8 Å². The number of benzene rings is 1. The van der Waals surface area contributed by atoms with Crippen LogP contribution in [0.2, 0.25) is 5.02 Å². The van der Waals surface area contributed by atoms with E-state index in [1.54, 1.807) is 17.0 Å². The molecule has 2 atom stereocenters. The van der Waals surface area contributed by atoms with Gasteiger partial charge in [-0.25, -0.2) is 4.39 Å². The molecule has 6 heteroatoms. The third kappa shape index (κ3) is 3.61. The van der Waals surface area contributed by atoms with Crippen molar-refractivity contribution in [2.45, 2.75) is 26.1 Å². The van der Waals surface area contributed by atoms with Crippen LogP contribution in [0.3, 0.4) is 0 Å². The van der Waals surface area contributed by atoms with Crippen LogP contribution >= 0.6 is 11.6 Å². The van der Waals surface area contributed by atoms with E-state index in [9.17, 15) is 9.18 Å². The van der Waals surface area contributed by atoms with Gasteiger partial charge in [0.05, 0.1) is 29.5 Å². The molecule has 1 fully saturated rings. The van der Waals surface area contributed by atoms with Crippen LogP contribution in [0.1, 0.15) is 13.8 Å². The van der Waals surface area contributed by atoms with E-state index in [2.05, 4.69) is 5.32 Å². The average molecular weight is 301 g/mol. The van der Waals surface area contributed by atoms with Crippen molar-refractivity contribution in [1.82, 2.24) is 4.90 Å². The molecule has 0 bridgehead atoms. The molecule has 0 spiro atoms. The summed E-state index contributed by atoms with van der Waals surface area (Å²) in [5, 5.41) is 2.83. The maximum atomic E-state index is 13.7. The first-order valence-corrected chi connectivity index (χ1v) is 6.96. The van der Waals surface area contributed by atoms with E-state index < -0.39 is 5.82 Å². The molecule has 4 nitrogen and oxygen atoms in total. The first-order chi connectivity index (χ1) is 9.47. The van der Waals surface area contributed by atoms with Crippen molar-refractivity contribution in [2.24, 2.45) is 0 Å². The zero-order valence-corrected chi connectivity index (χ0v) is 12.3. The van der Waals surface area contributed by atoms with Gasteiger partial charge in [0.2, 0.25) is 5.91 Å². The van der Waals surface area contributed by atoms with Crippen LogP contribution < -0.4 is 5.32 Å².